The van der Waals surface area contributed by atoms with Gasteiger partial charge >= 0.3 is 0 Å². The van der Waals surface area contributed by atoms with Gasteiger partial charge in [0.05, 0.1) is 0 Å². The molecule has 1 aromatic rings. The summed E-state index contributed by atoms with van der Waals surface area (Å²) in [6, 6.07) is 0.406. The highest BCUT2D eigenvalue weighted by atomic mass is 79.9. The molecule has 2 aliphatic rings. The molecule has 6 nitrogen and oxygen atoms in total. The number of halogens is 2. The van der Waals surface area contributed by atoms with Crippen molar-refractivity contribution in [3.8, 4) is 0 Å². The van der Waals surface area contributed by atoms with Crippen LogP contribution in [0.5, 0.6) is 0 Å². The molecule has 1 aromatic heterocycles. The van der Waals surface area contributed by atoms with Gasteiger partial charge in [0.15, 0.2) is 0 Å². The van der Waals surface area contributed by atoms with Gasteiger partial charge in [-0.3, -0.25) is 4.79 Å². The summed E-state index contributed by atoms with van der Waals surface area (Å²) in [5.41, 5.74) is 5.48. The van der Waals surface area contributed by atoms with E-state index in [1.807, 2.05) is 0 Å². The van der Waals surface area contributed by atoms with Crippen LogP contribution < -0.4 is 5.73 Å². The first kappa shape index (κ1) is 17.1. The van der Waals surface area contributed by atoms with E-state index in [1.165, 1.54) is 16.6 Å². The Morgan fingerprint density at radius 3 is 2.78 bits per heavy atom. The molecule has 2 heterocycles. The van der Waals surface area contributed by atoms with Crippen LogP contribution in [0.2, 0.25) is 5.15 Å². The first-order chi connectivity index (χ1) is 10.8. The number of nitrogens with zero attached hydrogens (tertiary/aromatic N) is 2. The Bertz CT molecular complexity index is 743. The van der Waals surface area contributed by atoms with Crippen LogP contribution in [0.3, 0.4) is 0 Å². The SMILES string of the molecule is NC(=O)[C@@H]1C[C@H]2CCCC[C@@H]2N1S(=O)(=O)c1cc(Br)cnc1Cl. The van der Waals surface area contributed by atoms with E-state index in [0.717, 1.165) is 25.7 Å². The number of hydrogen-bond acceptors (Lipinski definition) is 4. The summed E-state index contributed by atoms with van der Waals surface area (Å²) in [5.74, 6) is -0.433. The molecule has 2 N–H and O–H groups in total. The Hall–Kier alpha value is -0.700. The van der Waals surface area contributed by atoms with Crippen molar-refractivity contribution in [3.63, 3.8) is 0 Å². The van der Waals surface area contributed by atoms with Crippen molar-refractivity contribution in [2.45, 2.75) is 49.1 Å². The number of amides is 1. The highest BCUT2D eigenvalue weighted by Gasteiger charge is 2.50. The zero-order valence-corrected chi connectivity index (χ0v) is 15.4. The van der Waals surface area contributed by atoms with Crippen LogP contribution >= 0.6 is 27.5 Å². The van der Waals surface area contributed by atoms with E-state index in [0.29, 0.717) is 10.9 Å². The molecular formula is C14H17BrClN3O3S. The summed E-state index contributed by atoms with van der Waals surface area (Å²) < 4.78 is 28.1. The van der Waals surface area contributed by atoms with Crippen molar-refractivity contribution in [3.05, 3.63) is 21.9 Å². The van der Waals surface area contributed by atoms with Crippen LogP contribution in [0.25, 0.3) is 0 Å². The maximum Gasteiger partial charge on any atom is 0.247 e. The summed E-state index contributed by atoms with van der Waals surface area (Å²) in [6.45, 7) is 0. The van der Waals surface area contributed by atoms with E-state index >= 15 is 0 Å². The summed E-state index contributed by atoms with van der Waals surface area (Å²) >= 11 is 9.22. The van der Waals surface area contributed by atoms with E-state index in [-0.39, 0.29) is 22.0 Å². The number of carbonyl (C=O) groups excluding carboxylic acids is 1. The first-order valence-corrected chi connectivity index (χ1v) is 10.1. The molecule has 0 spiro atoms. The van der Waals surface area contributed by atoms with Crippen LogP contribution in [0.4, 0.5) is 0 Å². The average Bonchev–Trinajstić information content (AvgIpc) is 2.90. The number of nitrogens with two attached hydrogens (primary N) is 1. The van der Waals surface area contributed by atoms with Crippen molar-refractivity contribution in [1.29, 1.82) is 0 Å². The van der Waals surface area contributed by atoms with Gasteiger partial charge in [0.2, 0.25) is 15.9 Å². The molecule has 3 atom stereocenters. The zero-order chi connectivity index (χ0) is 16.8. The second kappa shape index (κ2) is 6.31. The van der Waals surface area contributed by atoms with Gasteiger partial charge in [0.1, 0.15) is 16.1 Å². The van der Waals surface area contributed by atoms with Crippen LogP contribution in [0.1, 0.15) is 32.1 Å². The molecule has 1 amide bonds. The lowest BCUT2D eigenvalue weighted by atomic mass is 9.85. The van der Waals surface area contributed by atoms with Crippen molar-refractivity contribution in [1.82, 2.24) is 9.29 Å². The number of sulfonamides is 1. The van der Waals surface area contributed by atoms with Gasteiger partial charge in [-0.15, -0.1) is 0 Å². The molecule has 9 heteroatoms. The Morgan fingerprint density at radius 2 is 2.09 bits per heavy atom. The Kier molecular flexibility index (Phi) is 4.70. The van der Waals surface area contributed by atoms with Crippen LogP contribution in [0, 0.1) is 5.92 Å². The van der Waals surface area contributed by atoms with Crippen molar-refractivity contribution < 1.29 is 13.2 Å². The quantitative estimate of drug-likeness (QED) is 0.756. The number of fused-ring (bicyclic) bond motifs is 1. The standard InChI is InChI=1S/C14H17BrClN3O3S/c15-9-6-12(13(16)18-7-9)23(21,22)19-10-4-2-1-3-8(10)5-11(19)14(17)20/h6-8,10-11H,1-5H2,(H2,17,20)/t8-,10+,11+/m1/s1. The molecule has 126 valence electrons. The fourth-order valence-corrected chi connectivity index (χ4v) is 6.51. The Labute approximate surface area is 148 Å². The minimum absolute atomic E-state index is 0.0917. The molecular weight excluding hydrogens is 406 g/mol. The molecule has 0 unspecified atom stereocenters. The van der Waals surface area contributed by atoms with Gasteiger partial charge in [-0.05, 0) is 47.2 Å². The predicted molar refractivity (Wildman–Crippen MR) is 89.3 cm³/mol. The van der Waals surface area contributed by atoms with Gasteiger partial charge in [-0.1, -0.05) is 24.4 Å². The monoisotopic (exact) mass is 421 g/mol. The van der Waals surface area contributed by atoms with E-state index in [9.17, 15) is 13.2 Å². The van der Waals surface area contributed by atoms with Crippen molar-refractivity contribution >= 4 is 43.5 Å². The van der Waals surface area contributed by atoms with Crippen LogP contribution in [0.15, 0.2) is 21.6 Å². The second-order valence-electron chi connectivity index (χ2n) is 6.04. The van der Waals surface area contributed by atoms with E-state index in [2.05, 4.69) is 20.9 Å². The van der Waals surface area contributed by atoms with Gasteiger partial charge in [0.25, 0.3) is 0 Å². The van der Waals surface area contributed by atoms with Crippen LogP contribution in [-0.2, 0) is 14.8 Å². The molecule has 1 saturated carbocycles. The number of primary amides is 1. The third-order valence-corrected chi connectivity index (χ3v) is 7.48. The maximum absolute atomic E-state index is 13.2. The number of carbonyl (C=O) groups is 1. The lowest BCUT2D eigenvalue weighted by Gasteiger charge is -2.32. The number of hydrogen-bond donors (Lipinski definition) is 1. The molecule has 1 aliphatic carbocycles. The average molecular weight is 423 g/mol. The normalized spacial score (nSPS) is 28.5. The largest absolute Gasteiger partial charge is 0.368 e. The summed E-state index contributed by atoms with van der Waals surface area (Å²) in [4.78, 5) is 15.6. The van der Waals surface area contributed by atoms with Gasteiger partial charge < -0.3 is 5.73 Å². The third kappa shape index (κ3) is 3.01. The predicted octanol–water partition coefficient (Wildman–Crippen LogP) is 2.30. The van der Waals surface area contributed by atoms with Crippen molar-refractivity contribution in [2.24, 2.45) is 11.7 Å². The lowest BCUT2D eigenvalue weighted by molar-refractivity contribution is -0.121. The fraction of sp³-hybridized carbons (Fsp3) is 0.571. The molecule has 23 heavy (non-hydrogen) atoms. The van der Waals surface area contributed by atoms with Crippen molar-refractivity contribution in [2.75, 3.05) is 0 Å². The van der Waals surface area contributed by atoms with E-state index in [1.54, 1.807) is 0 Å². The highest BCUT2D eigenvalue weighted by Crippen LogP contribution is 2.43. The third-order valence-electron chi connectivity index (χ3n) is 4.69. The van der Waals surface area contributed by atoms with E-state index < -0.39 is 22.0 Å². The molecule has 1 aliphatic heterocycles. The lowest BCUT2D eigenvalue weighted by Crippen LogP contribution is -2.48. The number of pyridine rings is 1. The van der Waals surface area contributed by atoms with Gasteiger partial charge in [-0.25, -0.2) is 13.4 Å². The molecule has 0 radical (unpaired) electrons. The maximum atomic E-state index is 13.2. The van der Waals surface area contributed by atoms with Crippen LogP contribution in [-0.4, -0.2) is 35.7 Å². The molecule has 0 aromatic carbocycles. The number of aromatic nitrogens is 1. The molecule has 3 rings (SSSR count). The topological polar surface area (TPSA) is 93.4 Å². The smallest absolute Gasteiger partial charge is 0.247 e. The minimum Gasteiger partial charge on any atom is -0.368 e. The summed E-state index contributed by atoms with van der Waals surface area (Å²) in [6.07, 6.45) is 5.58. The molecule has 1 saturated heterocycles. The number of rotatable bonds is 3. The fourth-order valence-electron chi connectivity index (χ4n) is 3.71. The minimum atomic E-state index is -3.95. The van der Waals surface area contributed by atoms with E-state index in [4.69, 9.17) is 17.3 Å². The summed E-state index contributed by atoms with van der Waals surface area (Å²) in [5, 5.41) is -0.101. The van der Waals surface area contributed by atoms with Gasteiger partial charge in [0, 0.05) is 16.7 Å². The highest BCUT2D eigenvalue weighted by molar-refractivity contribution is 9.10. The summed E-state index contributed by atoms with van der Waals surface area (Å²) in [7, 11) is -3.95. The molecule has 0 bridgehead atoms. The Morgan fingerprint density at radius 1 is 1.39 bits per heavy atom. The first-order valence-electron chi connectivity index (χ1n) is 7.46. The Balaban J connectivity index is 2.08. The second-order valence-corrected chi connectivity index (χ2v) is 9.13. The zero-order valence-electron chi connectivity index (χ0n) is 12.3. The van der Waals surface area contributed by atoms with Gasteiger partial charge in [-0.2, -0.15) is 4.31 Å². The molecule has 2 fully saturated rings.